The predicted molar refractivity (Wildman–Crippen MR) is 123 cm³/mol. The van der Waals surface area contributed by atoms with Gasteiger partial charge in [0.15, 0.2) is 0 Å². The third kappa shape index (κ3) is 4.29. The molecule has 1 unspecified atom stereocenters. The zero-order valence-corrected chi connectivity index (χ0v) is 19.4. The average molecular weight is 444 g/mol. The first-order valence-corrected chi connectivity index (χ1v) is 12.9. The van der Waals surface area contributed by atoms with Gasteiger partial charge in [-0.25, -0.2) is 8.42 Å². The van der Waals surface area contributed by atoms with Gasteiger partial charge < -0.3 is 4.57 Å². The van der Waals surface area contributed by atoms with Gasteiger partial charge in [-0.15, -0.1) is 11.8 Å². The molecule has 3 aromatic rings. The molecule has 2 aromatic heterocycles. The number of thioether (sulfide) groups is 1. The molecule has 0 N–H and O–H groups in total. The van der Waals surface area contributed by atoms with E-state index in [0.717, 1.165) is 29.8 Å². The third-order valence-electron chi connectivity index (χ3n) is 5.70. The van der Waals surface area contributed by atoms with E-state index in [1.165, 1.54) is 10.9 Å². The van der Waals surface area contributed by atoms with E-state index in [-0.39, 0.29) is 0 Å². The van der Waals surface area contributed by atoms with Crippen molar-refractivity contribution in [3.63, 3.8) is 0 Å². The number of benzene rings is 1. The van der Waals surface area contributed by atoms with Crippen LogP contribution in [-0.4, -0.2) is 40.6 Å². The summed E-state index contributed by atoms with van der Waals surface area (Å²) in [5.74, 6) is 0.333. The maximum atomic E-state index is 13.1. The molecule has 1 aliphatic rings. The zero-order valence-electron chi connectivity index (χ0n) is 17.8. The van der Waals surface area contributed by atoms with E-state index in [9.17, 15) is 8.42 Å². The molecule has 3 heterocycles. The Hall–Kier alpha value is -1.83. The first-order valence-electron chi connectivity index (χ1n) is 10.6. The Labute approximate surface area is 183 Å². The lowest BCUT2D eigenvalue weighted by Crippen LogP contribution is -2.29. The SMILES string of the molecule is CCn1cc(CC2CCN(S(=O)(=O)c3ccc(SC(C)C)cc3)C2)c2ccncc21. The van der Waals surface area contributed by atoms with Gasteiger partial charge in [0.25, 0.3) is 0 Å². The van der Waals surface area contributed by atoms with Crippen LogP contribution in [0.25, 0.3) is 10.9 Å². The second kappa shape index (κ2) is 8.73. The van der Waals surface area contributed by atoms with Gasteiger partial charge >= 0.3 is 0 Å². The molecule has 4 rings (SSSR count). The molecule has 1 fully saturated rings. The Bertz CT molecular complexity index is 1120. The molecule has 160 valence electrons. The lowest BCUT2D eigenvalue weighted by molar-refractivity contribution is 0.456. The fraction of sp³-hybridized carbons (Fsp3) is 0.435. The third-order valence-corrected chi connectivity index (χ3v) is 8.59. The predicted octanol–water partition coefficient (Wildman–Crippen LogP) is 4.81. The molecule has 30 heavy (non-hydrogen) atoms. The minimum Gasteiger partial charge on any atom is -0.346 e. The number of pyridine rings is 1. The maximum Gasteiger partial charge on any atom is 0.243 e. The van der Waals surface area contributed by atoms with E-state index in [1.54, 1.807) is 28.2 Å². The van der Waals surface area contributed by atoms with Gasteiger partial charge in [-0.2, -0.15) is 4.31 Å². The molecule has 0 amide bonds. The summed E-state index contributed by atoms with van der Waals surface area (Å²) in [5, 5.41) is 1.70. The van der Waals surface area contributed by atoms with Gasteiger partial charge in [0.1, 0.15) is 0 Å². The highest BCUT2D eigenvalue weighted by molar-refractivity contribution is 7.99. The Balaban J connectivity index is 1.48. The molecule has 1 aromatic carbocycles. The quantitative estimate of drug-likeness (QED) is 0.492. The van der Waals surface area contributed by atoms with Crippen LogP contribution in [0.1, 0.15) is 32.8 Å². The van der Waals surface area contributed by atoms with Crippen LogP contribution >= 0.6 is 11.8 Å². The maximum absolute atomic E-state index is 13.1. The molecule has 5 nitrogen and oxygen atoms in total. The molecular weight excluding hydrogens is 414 g/mol. The smallest absolute Gasteiger partial charge is 0.243 e. The van der Waals surface area contributed by atoms with Crippen molar-refractivity contribution in [2.24, 2.45) is 5.92 Å². The Morgan fingerprint density at radius 3 is 2.67 bits per heavy atom. The summed E-state index contributed by atoms with van der Waals surface area (Å²) >= 11 is 1.74. The van der Waals surface area contributed by atoms with Crippen LogP contribution in [0.2, 0.25) is 0 Å². The number of fused-ring (bicyclic) bond motifs is 1. The van der Waals surface area contributed by atoms with Crippen molar-refractivity contribution in [2.45, 2.75) is 55.2 Å². The van der Waals surface area contributed by atoms with Gasteiger partial charge in [-0.1, -0.05) is 13.8 Å². The van der Waals surface area contributed by atoms with E-state index in [1.807, 2.05) is 24.5 Å². The monoisotopic (exact) mass is 443 g/mol. The summed E-state index contributed by atoms with van der Waals surface area (Å²) in [4.78, 5) is 5.75. The van der Waals surface area contributed by atoms with Crippen molar-refractivity contribution in [3.8, 4) is 0 Å². The number of nitrogens with zero attached hydrogens (tertiary/aromatic N) is 3. The molecule has 0 bridgehead atoms. The van der Waals surface area contributed by atoms with Gasteiger partial charge in [0, 0.05) is 47.6 Å². The Morgan fingerprint density at radius 1 is 1.20 bits per heavy atom. The van der Waals surface area contributed by atoms with Gasteiger partial charge in [0.05, 0.1) is 16.6 Å². The fourth-order valence-corrected chi connectivity index (χ4v) is 6.61. The number of sulfonamides is 1. The van der Waals surface area contributed by atoms with Crippen molar-refractivity contribution < 1.29 is 8.42 Å². The van der Waals surface area contributed by atoms with Crippen molar-refractivity contribution in [1.29, 1.82) is 0 Å². The molecule has 1 aliphatic heterocycles. The molecular formula is C23H29N3O2S2. The second-order valence-electron chi connectivity index (χ2n) is 8.19. The van der Waals surface area contributed by atoms with Crippen LogP contribution < -0.4 is 0 Å². The van der Waals surface area contributed by atoms with E-state index in [2.05, 4.69) is 42.6 Å². The summed E-state index contributed by atoms with van der Waals surface area (Å²) in [6.07, 6.45) is 7.73. The Morgan fingerprint density at radius 2 is 1.97 bits per heavy atom. The number of rotatable bonds is 7. The van der Waals surface area contributed by atoms with Crippen molar-refractivity contribution >= 4 is 32.7 Å². The molecule has 0 aliphatic carbocycles. The first-order chi connectivity index (χ1) is 14.4. The minimum absolute atomic E-state index is 0.333. The summed E-state index contributed by atoms with van der Waals surface area (Å²) in [5.41, 5.74) is 2.44. The number of hydrogen-bond acceptors (Lipinski definition) is 4. The number of aromatic nitrogens is 2. The highest BCUT2D eigenvalue weighted by Crippen LogP contribution is 2.31. The second-order valence-corrected chi connectivity index (χ2v) is 11.8. The van der Waals surface area contributed by atoms with E-state index < -0.39 is 10.0 Å². The zero-order chi connectivity index (χ0) is 21.3. The summed E-state index contributed by atoms with van der Waals surface area (Å²) < 4.78 is 30.1. The van der Waals surface area contributed by atoms with Crippen LogP contribution in [0.15, 0.2) is 58.7 Å². The topological polar surface area (TPSA) is 55.2 Å². The van der Waals surface area contributed by atoms with E-state index in [4.69, 9.17) is 0 Å². The highest BCUT2D eigenvalue weighted by Gasteiger charge is 2.33. The summed E-state index contributed by atoms with van der Waals surface area (Å²) in [6, 6.07) is 9.39. The first kappa shape index (κ1) is 21.4. The number of aryl methyl sites for hydroxylation is 1. The van der Waals surface area contributed by atoms with E-state index in [0.29, 0.717) is 29.2 Å². The summed E-state index contributed by atoms with van der Waals surface area (Å²) in [7, 11) is -3.44. The fourth-order valence-electron chi connectivity index (χ4n) is 4.24. The molecule has 1 saturated heterocycles. The lowest BCUT2D eigenvalue weighted by Gasteiger charge is -2.17. The largest absolute Gasteiger partial charge is 0.346 e. The van der Waals surface area contributed by atoms with Gasteiger partial charge in [-0.3, -0.25) is 4.98 Å². The Kier molecular flexibility index (Phi) is 6.23. The van der Waals surface area contributed by atoms with Crippen LogP contribution in [0.3, 0.4) is 0 Å². The highest BCUT2D eigenvalue weighted by atomic mass is 32.2. The van der Waals surface area contributed by atoms with Crippen LogP contribution in [0.4, 0.5) is 0 Å². The normalized spacial score (nSPS) is 17.9. The van der Waals surface area contributed by atoms with Crippen LogP contribution in [0, 0.1) is 5.92 Å². The molecule has 0 spiro atoms. The number of hydrogen-bond donors (Lipinski definition) is 0. The minimum atomic E-state index is -3.44. The van der Waals surface area contributed by atoms with Gasteiger partial charge in [-0.05, 0) is 61.6 Å². The van der Waals surface area contributed by atoms with Crippen LogP contribution in [0.5, 0.6) is 0 Å². The standard InChI is InChI=1S/C23H29N3O2S2/c1-4-25-16-19(22-9-11-24-14-23(22)25)13-18-10-12-26(15-18)30(27,28)21-7-5-20(6-8-21)29-17(2)3/h5-9,11,14,16-18H,4,10,12-13,15H2,1-3H3. The lowest BCUT2D eigenvalue weighted by atomic mass is 9.99. The van der Waals surface area contributed by atoms with Crippen molar-refractivity contribution in [2.75, 3.05) is 13.1 Å². The molecule has 1 atom stereocenters. The molecule has 0 saturated carbocycles. The van der Waals surface area contributed by atoms with Crippen molar-refractivity contribution in [1.82, 2.24) is 13.9 Å². The van der Waals surface area contributed by atoms with Crippen LogP contribution in [-0.2, 0) is 23.0 Å². The van der Waals surface area contributed by atoms with Gasteiger partial charge in [0.2, 0.25) is 10.0 Å². The molecule has 0 radical (unpaired) electrons. The average Bonchev–Trinajstić information content (AvgIpc) is 3.34. The molecule has 7 heteroatoms. The summed E-state index contributed by atoms with van der Waals surface area (Å²) in [6.45, 7) is 8.46. The van der Waals surface area contributed by atoms with E-state index >= 15 is 0 Å². The van der Waals surface area contributed by atoms with Crippen molar-refractivity contribution in [3.05, 3.63) is 54.5 Å².